The van der Waals surface area contributed by atoms with E-state index in [-0.39, 0.29) is 11.9 Å². The highest BCUT2D eigenvalue weighted by atomic mass is 16.5. The Morgan fingerprint density at radius 2 is 2.08 bits per heavy atom. The minimum atomic E-state index is 0.120. The maximum atomic E-state index is 11.1. The largest absolute Gasteiger partial charge is 0.381 e. The Morgan fingerprint density at radius 1 is 1.38 bits per heavy atom. The molecule has 3 nitrogen and oxygen atoms in total. The van der Waals surface area contributed by atoms with Crippen molar-refractivity contribution in [2.45, 2.75) is 46.1 Å². The van der Waals surface area contributed by atoms with Gasteiger partial charge in [0.05, 0.1) is 0 Å². The SMILES string of the molecule is CCCOCCCC(=O)NC(C)C. The average Bonchev–Trinajstić information content (AvgIpc) is 2.02. The molecule has 0 radical (unpaired) electrons. The zero-order valence-corrected chi connectivity index (χ0v) is 8.93. The summed E-state index contributed by atoms with van der Waals surface area (Å²) in [4.78, 5) is 11.1. The van der Waals surface area contributed by atoms with Crippen LogP contribution in [0.1, 0.15) is 40.0 Å². The first-order chi connectivity index (χ1) is 6.16. The number of hydrogen-bond donors (Lipinski definition) is 1. The molecule has 0 aromatic carbocycles. The molecule has 0 aliphatic carbocycles. The van der Waals surface area contributed by atoms with Crippen molar-refractivity contribution in [3.8, 4) is 0 Å². The van der Waals surface area contributed by atoms with E-state index < -0.39 is 0 Å². The first kappa shape index (κ1) is 12.4. The van der Waals surface area contributed by atoms with Gasteiger partial charge in [-0.05, 0) is 26.7 Å². The topological polar surface area (TPSA) is 38.3 Å². The van der Waals surface area contributed by atoms with Gasteiger partial charge in [-0.15, -0.1) is 0 Å². The molecule has 0 atom stereocenters. The van der Waals surface area contributed by atoms with Crippen LogP contribution in [0.4, 0.5) is 0 Å². The van der Waals surface area contributed by atoms with Gasteiger partial charge in [-0.2, -0.15) is 0 Å². The van der Waals surface area contributed by atoms with Crippen LogP contribution in [0.3, 0.4) is 0 Å². The fraction of sp³-hybridized carbons (Fsp3) is 0.900. The molecule has 0 spiro atoms. The minimum Gasteiger partial charge on any atom is -0.381 e. The van der Waals surface area contributed by atoms with Crippen molar-refractivity contribution in [1.82, 2.24) is 5.32 Å². The van der Waals surface area contributed by atoms with Crippen molar-refractivity contribution in [2.75, 3.05) is 13.2 Å². The zero-order valence-electron chi connectivity index (χ0n) is 8.93. The first-order valence-electron chi connectivity index (χ1n) is 5.04. The van der Waals surface area contributed by atoms with Crippen molar-refractivity contribution in [2.24, 2.45) is 0 Å². The van der Waals surface area contributed by atoms with E-state index in [9.17, 15) is 4.79 Å². The third kappa shape index (κ3) is 9.34. The number of rotatable bonds is 7. The van der Waals surface area contributed by atoms with Crippen molar-refractivity contribution in [1.29, 1.82) is 0 Å². The van der Waals surface area contributed by atoms with Crippen LogP contribution in [0.2, 0.25) is 0 Å². The number of hydrogen-bond acceptors (Lipinski definition) is 2. The second kappa shape index (κ2) is 8.05. The standard InChI is InChI=1S/C10H21NO2/c1-4-7-13-8-5-6-10(12)11-9(2)3/h9H,4-8H2,1-3H3,(H,11,12). The predicted octanol–water partition coefficient (Wildman–Crippen LogP) is 1.72. The lowest BCUT2D eigenvalue weighted by Gasteiger charge is -2.07. The van der Waals surface area contributed by atoms with Crippen molar-refractivity contribution < 1.29 is 9.53 Å². The van der Waals surface area contributed by atoms with Crippen LogP contribution in [0.25, 0.3) is 0 Å². The molecule has 1 N–H and O–H groups in total. The van der Waals surface area contributed by atoms with Gasteiger partial charge in [0.25, 0.3) is 0 Å². The van der Waals surface area contributed by atoms with Crippen LogP contribution in [0.5, 0.6) is 0 Å². The Morgan fingerprint density at radius 3 is 2.62 bits per heavy atom. The van der Waals surface area contributed by atoms with Gasteiger partial charge < -0.3 is 10.1 Å². The summed E-state index contributed by atoms with van der Waals surface area (Å²) in [5.74, 6) is 0.120. The van der Waals surface area contributed by atoms with Gasteiger partial charge in [-0.3, -0.25) is 4.79 Å². The van der Waals surface area contributed by atoms with E-state index in [1.807, 2.05) is 13.8 Å². The van der Waals surface area contributed by atoms with E-state index in [0.29, 0.717) is 13.0 Å². The fourth-order valence-electron chi connectivity index (χ4n) is 0.975. The van der Waals surface area contributed by atoms with Crippen molar-refractivity contribution in [3.63, 3.8) is 0 Å². The van der Waals surface area contributed by atoms with Gasteiger partial charge in [0.2, 0.25) is 5.91 Å². The molecule has 0 rings (SSSR count). The molecule has 1 amide bonds. The van der Waals surface area contributed by atoms with E-state index in [2.05, 4.69) is 12.2 Å². The maximum absolute atomic E-state index is 11.1. The van der Waals surface area contributed by atoms with Crippen molar-refractivity contribution in [3.05, 3.63) is 0 Å². The van der Waals surface area contributed by atoms with E-state index in [4.69, 9.17) is 4.74 Å². The third-order valence-electron chi connectivity index (χ3n) is 1.49. The van der Waals surface area contributed by atoms with Gasteiger partial charge in [0.1, 0.15) is 0 Å². The lowest BCUT2D eigenvalue weighted by atomic mass is 10.3. The number of amides is 1. The summed E-state index contributed by atoms with van der Waals surface area (Å²) in [6.45, 7) is 7.49. The maximum Gasteiger partial charge on any atom is 0.220 e. The number of carbonyl (C=O) groups is 1. The Labute approximate surface area is 80.8 Å². The summed E-state index contributed by atoms with van der Waals surface area (Å²) >= 11 is 0. The lowest BCUT2D eigenvalue weighted by Crippen LogP contribution is -2.29. The Balaban J connectivity index is 3.17. The first-order valence-corrected chi connectivity index (χ1v) is 5.04. The molecular weight excluding hydrogens is 166 g/mol. The van der Waals surface area contributed by atoms with Crippen LogP contribution in [0.15, 0.2) is 0 Å². The highest BCUT2D eigenvalue weighted by molar-refractivity contribution is 5.76. The van der Waals surface area contributed by atoms with Crippen LogP contribution >= 0.6 is 0 Å². The van der Waals surface area contributed by atoms with Gasteiger partial charge in [-0.1, -0.05) is 6.92 Å². The fourth-order valence-corrected chi connectivity index (χ4v) is 0.975. The van der Waals surface area contributed by atoms with Gasteiger partial charge in [0, 0.05) is 25.7 Å². The molecule has 0 aliphatic rings. The van der Waals surface area contributed by atoms with E-state index in [1.165, 1.54) is 0 Å². The van der Waals surface area contributed by atoms with Crippen LogP contribution in [0, 0.1) is 0 Å². The molecule has 13 heavy (non-hydrogen) atoms. The Kier molecular flexibility index (Phi) is 7.69. The van der Waals surface area contributed by atoms with E-state index >= 15 is 0 Å². The normalized spacial score (nSPS) is 10.5. The zero-order chi connectivity index (χ0) is 10.1. The highest BCUT2D eigenvalue weighted by Crippen LogP contribution is 1.92. The van der Waals surface area contributed by atoms with Crippen LogP contribution in [-0.4, -0.2) is 25.2 Å². The molecule has 78 valence electrons. The molecular formula is C10H21NO2. The monoisotopic (exact) mass is 187 g/mol. The van der Waals surface area contributed by atoms with E-state index in [0.717, 1.165) is 19.4 Å². The molecule has 0 fully saturated rings. The number of ether oxygens (including phenoxy) is 1. The summed E-state index contributed by atoms with van der Waals surface area (Å²) in [6.07, 6.45) is 2.43. The summed E-state index contributed by atoms with van der Waals surface area (Å²) in [5.41, 5.74) is 0. The summed E-state index contributed by atoms with van der Waals surface area (Å²) < 4.78 is 5.26. The highest BCUT2D eigenvalue weighted by Gasteiger charge is 2.01. The van der Waals surface area contributed by atoms with Gasteiger partial charge >= 0.3 is 0 Å². The van der Waals surface area contributed by atoms with E-state index in [1.54, 1.807) is 0 Å². The molecule has 0 aromatic heterocycles. The average molecular weight is 187 g/mol. The second-order valence-corrected chi connectivity index (χ2v) is 3.44. The van der Waals surface area contributed by atoms with Crippen molar-refractivity contribution >= 4 is 5.91 Å². The smallest absolute Gasteiger partial charge is 0.220 e. The molecule has 0 aliphatic heterocycles. The Bertz CT molecular complexity index is 135. The number of nitrogens with one attached hydrogen (secondary N) is 1. The molecule has 0 saturated heterocycles. The molecule has 0 saturated carbocycles. The summed E-state index contributed by atoms with van der Waals surface area (Å²) in [7, 11) is 0. The minimum absolute atomic E-state index is 0.120. The molecule has 3 heteroatoms. The Hall–Kier alpha value is -0.570. The molecule has 0 unspecified atom stereocenters. The summed E-state index contributed by atoms with van der Waals surface area (Å²) in [5, 5.41) is 2.84. The molecule has 0 aromatic rings. The second-order valence-electron chi connectivity index (χ2n) is 3.44. The van der Waals surface area contributed by atoms with Crippen LogP contribution < -0.4 is 5.32 Å². The summed E-state index contributed by atoms with van der Waals surface area (Å²) in [6, 6.07) is 0.240. The van der Waals surface area contributed by atoms with Crippen LogP contribution in [-0.2, 0) is 9.53 Å². The number of carbonyl (C=O) groups excluding carboxylic acids is 1. The molecule has 0 heterocycles. The molecule has 0 bridgehead atoms. The third-order valence-corrected chi connectivity index (χ3v) is 1.49. The van der Waals surface area contributed by atoms with Gasteiger partial charge in [-0.25, -0.2) is 0 Å². The lowest BCUT2D eigenvalue weighted by molar-refractivity contribution is -0.121. The van der Waals surface area contributed by atoms with Gasteiger partial charge in [0.15, 0.2) is 0 Å². The predicted molar refractivity (Wildman–Crippen MR) is 53.6 cm³/mol. The quantitative estimate of drug-likeness (QED) is 0.616.